The van der Waals surface area contributed by atoms with Crippen LogP contribution in [0.25, 0.3) is 0 Å². The van der Waals surface area contributed by atoms with Crippen LogP contribution < -0.4 is 9.64 Å². The van der Waals surface area contributed by atoms with E-state index < -0.39 is 0 Å². The summed E-state index contributed by atoms with van der Waals surface area (Å²) in [5.41, 5.74) is 5.87. The number of pyridine rings is 1. The van der Waals surface area contributed by atoms with Crippen LogP contribution in [0.2, 0.25) is 0 Å². The lowest BCUT2D eigenvalue weighted by molar-refractivity contribution is 0.415. The third-order valence-electron chi connectivity index (χ3n) is 4.85. The summed E-state index contributed by atoms with van der Waals surface area (Å²) in [5, 5.41) is 0. The van der Waals surface area contributed by atoms with Crippen LogP contribution in [0.1, 0.15) is 37.5 Å². The molecule has 140 valence electrons. The summed E-state index contributed by atoms with van der Waals surface area (Å²) >= 11 is 0. The highest BCUT2D eigenvalue weighted by Gasteiger charge is 2.21. The molecule has 0 atom stereocenters. The van der Waals surface area contributed by atoms with Crippen LogP contribution in [0.5, 0.6) is 5.75 Å². The molecule has 0 bridgehead atoms. The summed E-state index contributed by atoms with van der Waals surface area (Å²) in [6.45, 7) is 10.9. The van der Waals surface area contributed by atoms with Crippen molar-refractivity contribution in [3.63, 3.8) is 0 Å². The van der Waals surface area contributed by atoms with E-state index in [9.17, 15) is 0 Å². The van der Waals surface area contributed by atoms with E-state index in [0.29, 0.717) is 0 Å². The van der Waals surface area contributed by atoms with Crippen molar-refractivity contribution < 1.29 is 4.74 Å². The summed E-state index contributed by atoms with van der Waals surface area (Å²) in [7, 11) is 1.70. The summed E-state index contributed by atoms with van der Waals surface area (Å²) in [6, 6.07) is 18.8. The maximum atomic E-state index is 5.49. The fourth-order valence-electron chi connectivity index (χ4n) is 3.16. The molecule has 0 spiro atoms. The molecule has 0 fully saturated rings. The standard InChI is InChI=1S/C24H28N2O/c1-17-9-7-8-10-21(17)26(22-16-20(27-6)12-11-18(22)2)23-15-19(13-14-25-23)24(3,4)5/h7-16H,1-6H3. The fourth-order valence-corrected chi connectivity index (χ4v) is 3.16. The molecule has 3 aromatic rings. The highest BCUT2D eigenvalue weighted by atomic mass is 16.5. The van der Waals surface area contributed by atoms with E-state index in [1.165, 1.54) is 16.7 Å². The normalized spacial score (nSPS) is 11.3. The first-order valence-electron chi connectivity index (χ1n) is 9.28. The number of rotatable bonds is 4. The van der Waals surface area contributed by atoms with E-state index in [1.54, 1.807) is 7.11 Å². The van der Waals surface area contributed by atoms with Gasteiger partial charge in [0.25, 0.3) is 0 Å². The number of nitrogens with zero attached hydrogens (tertiary/aromatic N) is 2. The van der Waals surface area contributed by atoms with E-state index >= 15 is 0 Å². The number of benzene rings is 2. The van der Waals surface area contributed by atoms with Gasteiger partial charge in [0.05, 0.1) is 18.5 Å². The Hall–Kier alpha value is -2.81. The molecule has 0 radical (unpaired) electrons. The van der Waals surface area contributed by atoms with E-state index in [4.69, 9.17) is 9.72 Å². The predicted octanol–water partition coefficient (Wildman–Crippen LogP) is 6.47. The third-order valence-corrected chi connectivity index (χ3v) is 4.85. The number of hydrogen-bond donors (Lipinski definition) is 0. The second-order valence-corrected chi connectivity index (χ2v) is 7.93. The van der Waals surface area contributed by atoms with Gasteiger partial charge in [-0.1, -0.05) is 45.0 Å². The Morgan fingerprint density at radius 2 is 1.56 bits per heavy atom. The summed E-state index contributed by atoms with van der Waals surface area (Å²) in [6.07, 6.45) is 1.90. The van der Waals surface area contributed by atoms with Crippen molar-refractivity contribution in [2.75, 3.05) is 12.0 Å². The maximum Gasteiger partial charge on any atom is 0.137 e. The Kier molecular flexibility index (Phi) is 5.22. The highest BCUT2D eigenvalue weighted by molar-refractivity contribution is 5.79. The highest BCUT2D eigenvalue weighted by Crippen LogP contribution is 2.39. The predicted molar refractivity (Wildman–Crippen MR) is 114 cm³/mol. The smallest absolute Gasteiger partial charge is 0.137 e. The minimum atomic E-state index is 0.0541. The van der Waals surface area contributed by atoms with Crippen LogP contribution in [0, 0.1) is 13.8 Å². The molecule has 3 rings (SSSR count). The van der Waals surface area contributed by atoms with Crippen LogP contribution in [0.3, 0.4) is 0 Å². The average molecular weight is 361 g/mol. The first-order chi connectivity index (χ1) is 12.8. The molecule has 2 aromatic carbocycles. The number of anilines is 3. The lowest BCUT2D eigenvalue weighted by Gasteiger charge is -2.29. The lowest BCUT2D eigenvalue weighted by Crippen LogP contribution is -2.17. The molecule has 0 aliphatic rings. The largest absolute Gasteiger partial charge is 0.497 e. The molecule has 0 N–H and O–H groups in total. The molecule has 0 aliphatic heterocycles. The Labute approximate surface area is 162 Å². The molecule has 0 aliphatic carbocycles. The summed E-state index contributed by atoms with van der Waals surface area (Å²) in [4.78, 5) is 6.95. The van der Waals surface area contributed by atoms with Crippen LogP contribution in [0.4, 0.5) is 17.2 Å². The van der Waals surface area contributed by atoms with Crippen molar-refractivity contribution in [2.45, 2.75) is 40.0 Å². The number of hydrogen-bond acceptors (Lipinski definition) is 3. The van der Waals surface area contributed by atoms with Gasteiger partial charge in [-0.15, -0.1) is 0 Å². The Morgan fingerprint density at radius 1 is 0.852 bits per heavy atom. The molecule has 3 heteroatoms. The molecule has 27 heavy (non-hydrogen) atoms. The quantitative estimate of drug-likeness (QED) is 0.533. The van der Waals surface area contributed by atoms with E-state index in [2.05, 4.69) is 88.0 Å². The number of aromatic nitrogens is 1. The van der Waals surface area contributed by atoms with Crippen molar-refractivity contribution in [3.05, 3.63) is 77.5 Å². The van der Waals surface area contributed by atoms with E-state index in [-0.39, 0.29) is 5.41 Å². The number of methoxy groups -OCH3 is 1. The Balaban J connectivity index is 2.26. The first-order valence-corrected chi connectivity index (χ1v) is 9.28. The zero-order valence-corrected chi connectivity index (χ0v) is 17.1. The molecule has 0 unspecified atom stereocenters. The molecular weight excluding hydrogens is 332 g/mol. The zero-order valence-electron chi connectivity index (χ0n) is 17.1. The topological polar surface area (TPSA) is 25.4 Å². The zero-order chi connectivity index (χ0) is 19.6. The minimum absolute atomic E-state index is 0.0541. The van der Waals surface area contributed by atoms with Gasteiger partial charge in [-0.2, -0.15) is 0 Å². The number of ether oxygens (including phenoxy) is 1. The molecular formula is C24H28N2O. The molecule has 0 saturated carbocycles. The lowest BCUT2D eigenvalue weighted by atomic mass is 9.87. The maximum absolute atomic E-state index is 5.49. The van der Waals surface area contributed by atoms with Gasteiger partial charge in [-0.25, -0.2) is 4.98 Å². The van der Waals surface area contributed by atoms with Gasteiger partial charge in [0, 0.05) is 12.3 Å². The van der Waals surface area contributed by atoms with Gasteiger partial charge in [-0.3, -0.25) is 4.90 Å². The summed E-state index contributed by atoms with van der Waals surface area (Å²) < 4.78 is 5.49. The van der Waals surface area contributed by atoms with E-state index in [1.807, 2.05) is 12.3 Å². The van der Waals surface area contributed by atoms with Gasteiger partial charge < -0.3 is 4.74 Å². The monoisotopic (exact) mass is 360 g/mol. The van der Waals surface area contributed by atoms with E-state index in [0.717, 1.165) is 22.9 Å². The van der Waals surface area contributed by atoms with Gasteiger partial charge in [-0.05, 0) is 60.2 Å². The van der Waals surface area contributed by atoms with Crippen LogP contribution >= 0.6 is 0 Å². The number of aryl methyl sites for hydroxylation is 2. The summed E-state index contributed by atoms with van der Waals surface area (Å²) in [5.74, 6) is 1.74. The van der Waals surface area contributed by atoms with Crippen molar-refractivity contribution >= 4 is 17.2 Å². The van der Waals surface area contributed by atoms with Crippen molar-refractivity contribution in [1.29, 1.82) is 0 Å². The molecule has 0 saturated heterocycles. The van der Waals surface area contributed by atoms with Gasteiger partial charge >= 0.3 is 0 Å². The van der Waals surface area contributed by atoms with Gasteiger partial charge in [0.1, 0.15) is 11.6 Å². The van der Waals surface area contributed by atoms with Crippen molar-refractivity contribution in [3.8, 4) is 5.75 Å². The molecule has 3 nitrogen and oxygen atoms in total. The second kappa shape index (κ2) is 7.43. The van der Waals surface area contributed by atoms with Crippen molar-refractivity contribution in [1.82, 2.24) is 4.98 Å². The molecule has 0 amide bonds. The Bertz CT molecular complexity index is 941. The van der Waals surface area contributed by atoms with Crippen LogP contribution in [0.15, 0.2) is 60.8 Å². The SMILES string of the molecule is COc1ccc(C)c(N(c2cc(C(C)(C)C)ccn2)c2ccccc2C)c1. The fraction of sp³-hybridized carbons (Fsp3) is 0.292. The van der Waals surface area contributed by atoms with Gasteiger partial charge in [0.15, 0.2) is 0 Å². The number of para-hydroxylation sites is 1. The Morgan fingerprint density at radius 3 is 2.22 bits per heavy atom. The molecule has 1 aromatic heterocycles. The van der Waals surface area contributed by atoms with Crippen molar-refractivity contribution in [2.24, 2.45) is 0 Å². The third kappa shape index (κ3) is 3.97. The van der Waals surface area contributed by atoms with Crippen LogP contribution in [-0.2, 0) is 5.41 Å². The minimum Gasteiger partial charge on any atom is -0.497 e. The first kappa shape index (κ1) is 19.0. The van der Waals surface area contributed by atoms with Crippen LogP contribution in [-0.4, -0.2) is 12.1 Å². The molecule has 1 heterocycles. The average Bonchev–Trinajstić information content (AvgIpc) is 2.64. The van der Waals surface area contributed by atoms with Gasteiger partial charge in [0.2, 0.25) is 0 Å². The second-order valence-electron chi connectivity index (χ2n) is 7.93.